The number of hydrogen-bond acceptors (Lipinski definition) is 4. The van der Waals surface area contributed by atoms with Crippen LogP contribution in [0.3, 0.4) is 0 Å². The molecule has 0 heterocycles. The molecular formula is C23H28BrCl2N3O4S. The summed E-state index contributed by atoms with van der Waals surface area (Å²) in [4.78, 5) is 27.7. The van der Waals surface area contributed by atoms with Gasteiger partial charge in [0.1, 0.15) is 12.6 Å². The van der Waals surface area contributed by atoms with E-state index in [9.17, 15) is 18.0 Å². The number of anilines is 1. The Balaban J connectivity index is 2.43. The molecule has 34 heavy (non-hydrogen) atoms. The molecule has 1 N–H and O–H groups in total. The van der Waals surface area contributed by atoms with Crippen LogP contribution in [0.25, 0.3) is 0 Å². The summed E-state index contributed by atoms with van der Waals surface area (Å²) in [5, 5.41) is 3.55. The first-order valence-corrected chi connectivity index (χ1v) is 14.0. The molecule has 0 bridgehead atoms. The Bertz CT molecular complexity index is 1110. The molecule has 2 rings (SSSR count). The Morgan fingerprint density at radius 2 is 1.62 bits per heavy atom. The Labute approximate surface area is 219 Å². The van der Waals surface area contributed by atoms with Crippen LogP contribution in [0.2, 0.25) is 10.0 Å². The molecule has 0 fully saturated rings. The van der Waals surface area contributed by atoms with E-state index in [1.807, 2.05) is 13.8 Å². The van der Waals surface area contributed by atoms with E-state index in [1.54, 1.807) is 49.4 Å². The van der Waals surface area contributed by atoms with Gasteiger partial charge in [0.05, 0.1) is 11.9 Å². The molecule has 2 aromatic rings. The third-order valence-corrected chi connectivity index (χ3v) is 7.73. The van der Waals surface area contributed by atoms with Gasteiger partial charge in [-0.1, -0.05) is 52.1 Å². The molecule has 11 heteroatoms. The fourth-order valence-electron chi connectivity index (χ4n) is 3.12. The highest BCUT2D eigenvalue weighted by Gasteiger charge is 2.31. The van der Waals surface area contributed by atoms with Crippen molar-refractivity contribution in [2.75, 3.05) is 17.1 Å². The highest BCUT2D eigenvalue weighted by molar-refractivity contribution is 9.10. The van der Waals surface area contributed by atoms with Gasteiger partial charge in [0, 0.05) is 32.7 Å². The number of benzene rings is 2. The van der Waals surface area contributed by atoms with Crippen LogP contribution in [0.15, 0.2) is 46.9 Å². The summed E-state index contributed by atoms with van der Waals surface area (Å²) in [7, 11) is -3.80. The van der Waals surface area contributed by atoms with Gasteiger partial charge in [-0.05, 0) is 56.7 Å². The van der Waals surface area contributed by atoms with E-state index in [0.717, 1.165) is 15.0 Å². The number of carbonyl (C=O) groups is 2. The Morgan fingerprint density at radius 1 is 1.06 bits per heavy atom. The largest absolute Gasteiger partial charge is 0.352 e. The third kappa shape index (κ3) is 7.60. The molecule has 0 aliphatic carbocycles. The maximum absolute atomic E-state index is 13.5. The lowest BCUT2D eigenvalue weighted by molar-refractivity contribution is -0.139. The number of nitrogens with zero attached hydrogens (tertiary/aromatic N) is 2. The van der Waals surface area contributed by atoms with Crippen LogP contribution in [0, 0.1) is 0 Å². The second kappa shape index (κ2) is 12.2. The molecule has 0 saturated carbocycles. The first-order chi connectivity index (χ1) is 15.8. The van der Waals surface area contributed by atoms with Crippen molar-refractivity contribution in [1.29, 1.82) is 0 Å². The number of rotatable bonds is 10. The van der Waals surface area contributed by atoms with E-state index in [4.69, 9.17) is 23.2 Å². The lowest BCUT2D eigenvalue weighted by atomic mass is 10.1. The summed E-state index contributed by atoms with van der Waals surface area (Å²) in [5.74, 6) is -0.934. The van der Waals surface area contributed by atoms with Crippen LogP contribution in [-0.2, 0) is 26.2 Å². The average molecular weight is 593 g/mol. The van der Waals surface area contributed by atoms with Crippen LogP contribution in [-0.4, -0.2) is 50.0 Å². The lowest BCUT2D eigenvalue weighted by Gasteiger charge is -2.32. The van der Waals surface area contributed by atoms with Crippen molar-refractivity contribution < 1.29 is 18.0 Å². The van der Waals surface area contributed by atoms with Crippen LogP contribution >= 0.6 is 39.1 Å². The predicted molar refractivity (Wildman–Crippen MR) is 141 cm³/mol. The van der Waals surface area contributed by atoms with Crippen LogP contribution < -0.4 is 9.62 Å². The SMILES string of the molecule is CC[C@@H](C)NC(=O)[C@H](C)N(Cc1c(Cl)cccc1Cl)C(=O)CN(c1ccc(Br)cc1)S(C)(=O)=O. The summed E-state index contributed by atoms with van der Waals surface area (Å²) in [6.45, 7) is 4.82. The van der Waals surface area contributed by atoms with E-state index in [0.29, 0.717) is 27.7 Å². The smallest absolute Gasteiger partial charge is 0.244 e. The quantitative estimate of drug-likeness (QED) is 0.427. The van der Waals surface area contributed by atoms with Gasteiger partial charge in [0.15, 0.2) is 0 Å². The lowest BCUT2D eigenvalue weighted by Crippen LogP contribution is -2.52. The van der Waals surface area contributed by atoms with E-state index in [-0.39, 0.29) is 18.5 Å². The number of hydrogen-bond donors (Lipinski definition) is 1. The monoisotopic (exact) mass is 591 g/mol. The van der Waals surface area contributed by atoms with E-state index >= 15 is 0 Å². The van der Waals surface area contributed by atoms with Crippen molar-refractivity contribution >= 4 is 66.7 Å². The zero-order valence-corrected chi connectivity index (χ0v) is 23.3. The van der Waals surface area contributed by atoms with Gasteiger partial charge in [-0.3, -0.25) is 13.9 Å². The van der Waals surface area contributed by atoms with E-state index in [1.165, 1.54) is 4.90 Å². The first kappa shape index (κ1) is 28.4. The van der Waals surface area contributed by atoms with Crippen LogP contribution in [0.1, 0.15) is 32.8 Å². The standard InChI is InChI=1S/C23H28BrCl2N3O4S/c1-5-15(2)27-23(31)16(3)28(13-19-20(25)7-6-8-21(19)26)22(30)14-29(34(4,32)33)18-11-9-17(24)10-12-18/h6-12,15-16H,5,13-14H2,1-4H3,(H,27,31)/t15-,16+/m1/s1. The van der Waals surface area contributed by atoms with Gasteiger partial charge >= 0.3 is 0 Å². The number of nitrogens with one attached hydrogen (secondary N) is 1. The summed E-state index contributed by atoms with van der Waals surface area (Å²) >= 11 is 16.0. The molecule has 0 aliphatic rings. The minimum absolute atomic E-state index is 0.0651. The van der Waals surface area contributed by atoms with Gasteiger partial charge in [-0.15, -0.1) is 0 Å². The van der Waals surface area contributed by atoms with E-state index in [2.05, 4.69) is 21.2 Å². The molecule has 0 saturated heterocycles. The predicted octanol–water partition coefficient (Wildman–Crippen LogP) is 4.85. The molecule has 0 aliphatic heterocycles. The normalized spacial score (nSPS) is 13.1. The van der Waals surface area contributed by atoms with Crippen molar-refractivity contribution in [2.24, 2.45) is 0 Å². The van der Waals surface area contributed by atoms with Gasteiger partial charge in [0.25, 0.3) is 0 Å². The molecule has 2 aromatic carbocycles. The minimum atomic E-state index is -3.80. The van der Waals surface area contributed by atoms with Gasteiger partial charge in [-0.2, -0.15) is 0 Å². The third-order valence-electron chi connectivity index (χ3n) is 5.35. The van der Waals surface area contributed by atoms with Crippen molar-refractivity contribution in [3.05, 3.63) is 62.5 Å². The Kier molecular flexibility index (Phi) is 10.2. The Hall–Kier alpha value is -1.81. The van der Waals surface area contributed by atoms with Crippen molar-refractivity contribution in [2.45, 2.75) is 45.8 Å². The number of carbonyl (C=O) groups excluding carboxylic acids is 2. The van der Waals surface area contributed by atoms with Crippen LogP contribution in [0.4, 0.5) is 5.69 Å². The molecule has 0 radical (unpaired) electrons. The number of sulfonamides is 1. The molecule has 2 atom stereocenters. The molecular weight excluding hydrogens is 565 g/mol. The number of amides is 2. The van der Waals surface area contributed by atoms with Crippen molar-refractivity contribution in [3.63, 3.8) is 0 Å². The van der Waals surface area contributed by atoms with Gasteiger partial charge < -0.3 is 10.2 Å². The molecule has 0 aromatic heterocycles. The zero-order chi connectivity index (χ0) is 25.6. The summed E-state index contributed by atoms with van der Waals surface area (Å²) in [6.07, 6.45) is 1.74. The zero-order valence-electron chi connectivity index (χ0n) is 19.4. The summed E-state index contributed by atoms with van der Waals surface area (Å²) in [5.41, 5.74) is 0.795. The molecule has 7 nitrogen and oxygen atoms in total. The molecule has 2 amide bonds. The maximum Gasteiger partial charge on any atom is 0.244 e. The van der Waals surface area contributed by atoms with E-state index < -0.39 is 28.5 Å². The topological polar surface area (TPSA) is 86.8 Å². The first-order valence-electron chi connectivity index (χ1n) is 10.6. The fraction of sp³-hybridized carbons (Fsp3) is 0.391. The maximum atomic E-state index is 13.5. The van der Waals surface area contributed by atoms with Crippen molar-refractivity contribution in [3.8, 4) is 0 Å². The summed E-state index contributed by atoms with van der Waals surface area (Å²) in [6, 6.07) is 10.5. The van der Waals surface area contributed by atoms with Gasteiger partial charge in [0.2, 0.25) is 21.8 Å². The molecule has 186 valence electrons. The highest BCUT2D eigenvalue weighted by Crippen LogP contribution is 2.27. The molecule has 0 unspecified atom stereocenters. The minimum Gasteiger partial charge on any atom is -0.352 e. The van der Waals surface area contributed by atoms with Gasteiger partial charge in [-0.25, -0.2) is 8.42 Å². The second-order valence-corrected chi connectivity index (χ2v) is 11.6. The second-order valence-electron chi connectivity index (χ2n) is 7.96. The Morgan fingerprint density at radius 3 is 2.12 bits per heavy atom. The number of halogens is 3. The van der Waals surface area contributed by atoms with Crippen LogP contribution in [0.5, 0.6) is 0 Å². The summed E-state index contributed by atoms with van der Waals surface area (Å²) < 4.78 is 26.9. The molecule has 0 spiro atoms. The highest BCUT2D eigenvalue weighted by atomic mass is 79.9. The average Bonchev–Trinajstić information content (AvgIpc) is 2.76. The van der Waals surface area contributed by atoms with Crippen molar-refractivity contribution in [1.82, 2.24) is 10.2 Å². The fourth-order valence-corrected chi connectivity index (χ4v) is 4.75.